The van der Waals surface area contributed by atoms with Crippen molar-refractivity contribution in [1.29, 1.82) is 5.26 Å². The summed E-state index contributed by atoms with van der Waals surface area (Å²) in [4.78, 5) is 0. The predicted octanol–water partition coefficient (Wildman–Crippen LogP) is 2.24. The molecule has 1 aromatic rings. The van der Waals surface area contributed by atoms with E-state index in [-0.39, 0.29) is 0 Å². The molecule has 0 aliphatic rings. The molecule has 0 radical (unpaired) electrons. The van der Waals surface area contributed by atoms with Crippen molar-refractivity contribution in [2.75, 3.05) is 14.2 Å². The molecule has 0 aromatic heterocycles. The second-order valence-corrected chi connectivity index (χ2v) is 2.57. The third kappa shape index (κ3) is 2.27. The van der Waals surface area contributed by atoms with Crippen molar-refractivity contribution in [2.24, 2.45) is 0 Å². The van der Waals surface area contributed by atoms with Gasteiger partial charge in [0.1, 0.15) is 11.5 Å². The Morgan fingerprint density at radius 3 is 2.64 bits per heavy atom. The van der Waals surface area contributed by atoms with Crippen LogP contribution >= 0.6 is 0 Å². The monoisotopic (exact) mass is 189 g/mol. The van der Waals surface area contributed by atoms with Crippen LogP contribution in [0.3, 0.4) is 0 Å². The average Bonchev–Trinajstić information content (AvgIpc) is 2.26. The Morgan fingerprint density at radius 1 is 1.29 bits per heavy atom. The number of nitriles is 1. The van der Waals surface area contributed by atoms with Crippen molar-refractivity contribution in [2.45, 2.75) is 0 Å². The van der Waals surface area contributed by atoms with Crippen LogP contribution in [0.25, 0.3) is 6.08 Å². The van der Waals surface area contributed by atoms with Gasteiger partial charge in [0.15, 0.2) is 0 Å². The summed E-state index contributed by atoms with van der Waals surface area (Å²) < 4.78 is 10.2. The number of methoxy groups -OCH3 is 2. The van der Waals surface area contributed by atoms with Crippen molar-refractivity contribution < 1.29 is 9.47 Å². The fraction of sp³-hybridized carbons (Fsp3) is 0.182. The first-order valence-corrected chi connectivity index (χ1v) is 4.10. The molecule has 1 aromatic carbocycles. The second kappa shape index (κ2) is 4.93. The maximum atomic E-state index is 8.39. The normalized spacial score (nSPS) is 9.79. The molecule has 0 unspecified atom stereocenters. The molecule has 0 aliphatic heterocycles. The van der Waals surface area contributed by atoms with E-state index in [2.05, 4.69) is 0 Å². The minimum absolute atomic E-state index is 0.691. The lowest BCUT2D eigenvalue weighted by atomic mass is 10.2. The van der Waals surface area contributed by atoms with Crippen LogP contribution in [0.15, 0.2) is 24.3 Å². The van der Waals surface area contributed by atoms with Crippen LogP contribution < -0.4 is 9.47 Å². The van der Waals surface area contributed by atoms with Gasteiger partial charge in [-0.05, 0) is 18.2 Å². The zero-order chi connectivity index (χ0) is 10.4. The smallest absolute Gasteiger partial charge is 0.129 e. The fourth-order valence-corrected chi connectivity index (χ4v) is 1.08. The summed E-state index contributed by atoms with van der Waals surface area (Å²) in [5.41, 5.74) is 0.856. The van der Waals surface area contributed by atoms with E-state index >= 15 is 0 Å². The quantitative estimate of drug-likeness (QED) is 0.685. The molecule has 3 nitrogen and oxygen atoms in total. The molecule has 72 valence electrons. The highest BCUT2D eigenvalue weighted by molar-refractivity contribution is 5.60. The van der Waals surface area contributed by atoms with Crippen molar-refractivity contribution in [3.05, 3.63) is 29.8 Å². The Kier molecular flexibility index (Phi) is 3.57. The molecular weight excluding hydrogens is 178 g/mol. The molecule has 0 aliphatic carbocycles. The van der Waals surface area contributed by atoms with Crippen molar-refractivity contribution in [3.63, 3.8) is 0 Å². The number of hydrogen-bond acceptors (Lipinski definition) is 3. The summed E-state index contributed by atoms with van der Waals surface area (Å²) in [7, 11) is 3.18. The van der Waals surface area contributed by atoms with Crippen molar-refractivity contribution in [3.8, 4) is 17.6 Å². The molecule has 0 bridgehead atoms. The molecule has 14 heavy (non-hydrogen) atoms. The first-order chi connectivity index (χ1) is 6.81. The van der Waals surface area contributed by atoms with Gasteiger partial charge in [-0.15, -0.1) is 0 Å². The zero-order valence-electron chi connectivity index (χ0n) is 8.15. The second-order valence-electron chi connectivity index (χ2n) is 2.57. The number of allylic oxidation sites excluding steroid dienone is 1. The Balaban J connectivity index is 3.06. The lowest BCUT2D eigenvalue weighted by molar-refractivity contribution is 0.394. The summed E-state index contributed by atoms with van der Waals surface area (Å²) in [5.74, 6) is 1.42. The summed E-state index contributed by atoms with van der Waals surface area (Å²) in [6.07, 6.45) is 3.10. The zero-order valence-corrected chi connectivity index (χ0v) is 8.15. The molecule has 0 amide bonds. The molecule has 3 heteroatoms. The van der Waals surface area contributed by atoms with Gasteiger partial charge in [0.05, 0.1) is 20.3 Å². The number of nitrogens with zero attached hydrogens (tertiary/aromatic N) is 1. The van der Waals surface area contributed by atoms with Gasteiger partial charge in [0.2, 0.25) is 0 Å². The van der Waals surface area contributed by atoms with Gasteiger partial charge < -0.3 is 9.47 Å². The van der Waals surface area contributed by atoms with Crippen LogP contribution in [-0.4, -0.2) is 14.2 Å². The summed E-state index contributed by atoms with van der Waals surface area (Å²) >= 11 is 0. The average molecular weight is 189 g/mol. The third-order valence-electron chi connectivity index (χ3n) is 1.78. The van der Waals surface area contributed by atoms with E-state index in [9.17, 15) is 0 Å². The molecular formula is C11H11NO2. The predicted molar refractivity (Wildman–Crippen MR) is 54.2 cm³/mol. The number of benzene rings is 1. The highest BCUT2D eigenvalue weighted by atomic mass is 16.5. The van der Waals surface area contributed by atoms with Crippen LogP contribution in [0, 0.1) is 11.3 Å². The van der Waals surface area contributed by atoms with Gasteiger partial charge in [-0.3, -0.25) is 0 Å². The molecule has 0 spiro atoms. The molecule has 0 heterocycles. The SMILES string of the molecule is COc1ccc(/C=C/C#N)c(OC)c1. The van der Waals surface area contributed by atoms with Crippen molar-refractivity contribution in [1.82, 2.24) is 0 Å². The van der Waals surface area contributed by atoms with Gasteiger partial charge in [-0.1, -0.05) is 0 Å². The first-order valence-electron chi connectivity index (χ1n) is 4.10. The maximum absolute atomic E-state index is 8.39. The van der Waals surface area contributed by atoms with Gasteiger partial charge in [-0.2, -0.15) is 5.26 Å². The lowest BCUT2D eigenvalue weighted by Gasteiger charge is -2.06. The minimum Gasteiger partial charge on any atom is -0.497 e. The van der Waals surface area contributed by atoms with Crippen LogP contribution in [0.1, 0.15) is 5.56 Å². The standard InChI is InChI=1S/C11H11NO2/c1-13-10-6-5-9(4-3-7-12)11(8-10)14-2/h3-6,8H,1-2H3/b4-3+. The van der Waals surface area contributed by atoms with Gasteiger partial charge in [0.25, 0.3) is 0 Å². The highest BCUT2D eigenvalue weighted by Gasteiger charge is 2.00. The Hall–Kier alpha value is -1.95. The van der Waals surface area contributed by atoms with E-state index in [0.717, 1.165) is 11.3 Å². The van der Waals surface area contributed by atoms with Crippen LogP contribution in [-0.2, 0) is 0 Å². The van der Waals surface area contributed by atoms with Crippen LogP contribution in [0.2, 0.25) is 0 Å². The van der Waals surface area contributed by atoms with E-state index in [0.29, 0.717) is 5.75 Å². The highest BCUT2D eigenvalue weighted by Crippen LogP contribution is 2.25. The number of rotatable bonds is 3. The molecule has 0 fully saturated rings. The third-order valence-corrected chi connectivity index (χ3v) is 1.78. The van der Waals surface area contributed by atoms with Crippen molar-refractivity contribution >= 4 is 6.08 Å². The first kappa shape index (κ1) is 10.1. The maximum Gasteiger partial charge on any atom is 0.129 e. The molecule has 0 atom stereocenters. The number of hydrogen-bond donors (Lipinski definition) is 0. The Bertz CT molecular complexity index is 377. The summed E-state index contributed by atoms with van der Waals surface area (Å²) in [6.45, 7) is 0. The van der Waals surface area contributed by atoms with Gasteiger partial charge in [-0.25, -0.2) is 0 Å². The van der Waals surface area contributed by atoms with E-state index in [4.69, 9.17) is 14.7 Å². The number of ether oxygens (including phenoxy) is 2. The topological polar surface area (TPSA) is 42.2 Å². The molecule has 0 N–H and O–H groups in total. The lowest BCUT2D eigenvalue weighted by Crippen LogP contribution is -1.89. The van der Waals surface area contributed by atoms with Crippen LogP contribution in [0.5, 0.6) is 11.5 Å². The molecule has 0 saturated carbocycles. The van der Waals surface area contributed by atoms with E-state index in [1.165, 1.54) is 6.08 Å². The van der Waals surface area contributed by atoms with E-state index in [1.54, 1.807) is 26.4 Å². The largest absolute Gasteiger partial charge is 0.497 e. The Labute approximate surface area is 83.2 Å². The minimum atomic E-state index is 0.691. The summed E-state index contributed by atoms with van der Waals surface area (Å²) in [5, 5.41) is 8.39. The van der Waals surface area contributed by atoms with Crippen LogP contribution in [0.4, 0.5) is 0 Å². The van der Waals surface area contributed by atoms with Gasteiger partial charge in [0, 0.05) is 17.7 Å². The molecule has 0 saturated heterocycles. The molecule has 1 rings (SSSR count). The Morgan fingerprint density at radius 2 is 2.07 bits per heavy atom. The van der Waals surface area contributed by atoms with E-state index in [1.807, 2.05) is 18.2 Å². The van der Waals surface area contributed by atoms with Gasteiger partial charge >= 0.3 is 0 Å². The summed E-state index contributed by atoms with van der Waals surface area (Å²) in [6, 6.07) is 7.36. The fourth-order valence-electron chi connectivity index (χ4n) is 1.08. The van der Waals surface area contributed by atoms with E-state index < -0.39 is 0 Å².